The molecular weight excluding hydrogens is 320 g/mol. The van der Waals surface area contributed by atoms with Crippen molar-refractivity contribution in [3.8, 4) is 0 Å². The van der Waals surface area contributed by atoms with Gasteiger partial charge in [-0.3, -0.25) is 4.79 Å². The highest BCUT2D eigenvalue weighted by molar-refractivity contribution is 6.16. The first-order chi connectivity index (χ1) is 12.1. The van der Waals surface area contributed by atoms with Crippen LogP contribution in [0.2, 0.25) is 0 Å². The third kappa shape index (κ3) is 2.37. The summed E-state index contributed by atoms with van der Waals surface area (Å²) in [7, 11) is 0. The number of aromatic carboxylic acids is 1. The normalized spacial score (nSPS) is 14.5. The van der Waals surface area contributed by atoms with Crippen molar-refractivity contribution in [3.63, 3.8) is 0 Å². The average molecular weight is 333 g/mol. The molecule has 3 aromatic rings. The van der Waals surface area contributed by atoms with Crippen molar-refractivity contribution in [2.45, 2.75) is 6.42 Å². The summed E-state index contributed by atoms with van der Waals surface area (Å²) in [6, 6.07) is 12.0. The summed E-state index contributed by atoms with van der Waals surface area (Å²) in [5.74, 6) is -1.29. The number of carbonyl (C=O) groups excluding carboxylic acids is 1. The molecule has 122 valence electrons. The maximum absolute atomic E-state index is 12.0. The molecule has 5 nitrogen and oxygen atoms in total. The third-order valence-corrected chi connectivity index (χ3v) is 4.28. The molecule has 0 unspecified atom stereocenters. The van der Waals surface area contributed by atoms with E-state index < -0.39 is 5.97 Å². The van der Waals surface area contributed by atoms with Crippen LogP contribution in [-0.2, 0) is 4.79 Å². The van der Waals surface area contributed by atoms with Crippen LogP contribution < -0.4 is 0 Å². The van der Waals surface area contributed by atoms with Gasteiger partial charge in [0.15, 0.2) is 5.78 Å². The lowest BCUT2D eigenvalue weighted by Gasteiger charge is -2.13. The second-order valence-corrected chi connectivity index (χ2v) is 5.80. The van der Waals surface area contributed by atoms with Crippen LogP contribution in [0.3, 0.4) is 0 Å². The van der Waals surface area contributed by atoms with Crippen LogP contribution >= 0.6 is 0 Å². The molecule has 0 amide bonds. The van der Waals surface area contributed by atoms with Crippen molar-refractivity contribution in [2.24, 2.45) is 0 Å². The average Bonchev–Trinajstić information content (AvgIpc) is 2.61. The van der Waals surface area contributed by atoms with Crippen LogP contribution in [0, 0.1) is 0 Å². The molecule has 0 fully saturated rings. The standard InChI is InChI=1S/C20H12O5/c21-11-8-9-15(22)14(10-11)12-5-3-7-17-18(12)19(20(23)24)13-4-1-2-6-16(13)25-17/h1-9H,10H2,(H-,22,23,24)/p+1. The molecule has 5 heteroatoms. The van der Waals surface area contributed by atoms with Crippen LogP contribution in [0.25, 0.3) is 27.5 Å². The summed E-state index contributed by atoms with van der Waals surface area (Å²) >= 11 is 0. The fourth-order valence-corrected chi connectivity index (χ4v) is 3.19. The Balaban J connectivity index is 2.17. The first kappa shape index (κ1) is 15.1. The number of aliphatic hydroxyl groups excluding tert-OH is 1. The Morgan fingerprint density at radius 3 is 2.56 bits per heavy atom. The quantitative estimate of drug-likeness (QED) is 0.537. The van der Waals surface area contributed by atoms with Crippen molar-refractivity contribution in [2.75, 3.05) is 0 Å². The maximum atomic E-state index is 12.0. The van der Waals surface area contributed by atoms with E-state index in [1.807, 2.05) is 0 Å². The van der Waals surface area contributed by atoms with Crippen molar-refractivity contribution >= 4 is 39.3 Å². The molecule has 0 aliphatic heterocycles. The van der Waals surface area contributed by atoms with Crippen molar-refractivity contribution < 1.29 is 24.2 Å². The van der Waals surface area contributed by atoms with Gasteiger partial charge in [0.25, 0.3) is 0 Å². The number of carboxylic acid groups (broad SMARTS) is 1. The first-order valence-corrected chi connectivity index (χ1v) is 7.70. The van der Waals surface area contributed by atoms with E-state index in [1.165, 1.54) is 12.2 Å². The molecule has 0 radical (unpaired) electrons. The van der Waals surface area contributed by atoms with Gasteiger partial charge >= 0.3 is 17.1 Å². The van der Waals surface area contributed by atoms with E-state index >= 15 is 0 Å². The molecule has 0 saturated heterocycles. The number of carbonyl (C=O) groups is 2. The number of allylic oxidation sites excluding steroid dienone is 3. The zero-order valence-electron chi connectivity index (χ0n) is 13.0. The molecule has 0 saturated carbocycles. The molecule has 25 heavy (non-hydrogen) atoms. The van der Waals surface area contributed by atoms with Gasteiger partial charge in [0, 0.05) is 24.1 Å². The minimum Gasteiger partial charge on any atom is -0.508 e. The van der Waals surface area contributed by atoms with Gasteiger partial charge in [-0.15, -0.1) is 0 Å². The predicted octanol–water partition coefficient (Wildman–Crippen LogP) is 4.36. The second-order valence-electron chi connectivity index (χ2n) is 5.80. The summed E-state index contributed by atoms with van der Waals surface area (Å²) in [6.07, 6.45) is 2.65. The molecule has 1 aliphatic rings. The Morgan fingerprint density at radius 2 is 1.76 bits per heavy atom. The van der Waals surface area contributed by atoms with Crippen LogP contribution in [-0.4, -0.2) is 22.0 Å². The molecule has 1 aromatic heterocycles. The summed E-state index contributed by atoms with van der Waals surface area (Å²) in [5.41, 5.74) is 1.82. The Labute approximate surface area is 142 Å². The van der Waals surface area contributed by atoms with Gasteiger partial charge in [0.05, 0.1) is 10.9 Å². The Hall–Kier alpha value is -3.47. The van der Waals surface area contributed by atoms with E-state index in [0.29, 0.717) is 33.1 Å². The highest BCUT2D eigenvalue weighted by Crippen LogP contribution is 2.36. The molecule has 0 spiro atoms. The summed E-state index contributed by atoms with van der Waals surface area (Å²) in [4.78, 5) is 23.8. The van der Waals surface area contributed by atoms with Gasteiger partial charge in [0.2, 0.25) is 0 Å². The molecule has 1 aliphatic carbocycles. The fraction of sp³-hybridized carbons (Fsp3) is 0.0500. The van der Waals surface area contributed by atoms with E-state index in [4.69, 9.17) is 4.42 Å². The Bertz CT molecular complexity index is 1120. The van der Waals surface area contributed by atoms with E-state index in [9.17, 15) is 19.8 Å². The molecule has 2 N–H and O–H groups in total. The van der Waals surface area contributed by atoms with Gasteiger partial charge in [-0.2, -0.15) is 0 Å². The lowest BCUT2D eigenvalue weighted by Crippen LogP contribution is -2.06. The number of hydrogen-bond donors (Lipinski definition) is 2. The smallest absolute Gasteiger partial charge is 0.362 e. The van der Waals surface area contributed by atoms with E-state index in [0.717, 1.165) is 0 Å². The number of hydrogen-bond acceptors (Lipinski definition) is 3. The number of fused-ring (bicyclic) bond motifs is 2. The SMILES string of the molecule is O=C1C=CC(O)=C(c2cccc3[o+]c4ccccc4c(C(=O)O)c23)C1. The predicted molar refractivity (Wildman–Crippen MR) is 93.4 cm³/mol. The number of para-hydroxylation sites is 1. The number of benzene rings is 2. The Kier molecular flexibility index (Phi) is 3.35. The minimum absolute atomic E-state index is 0.00727. The van der Waals surface area contributed by atoms with E-state index in [2.05, 4.69) is 0 Å². The molecule has 4 rings (SSSR count). The molecule has 0 bridgehead atoms. The van der Waals surface area contributed by atoms with Crippen LogP contribution in [0.1, 0.15) is 22.3 Å². The number of carboxylic acids is 1. The second kappa shape index (κ2) is 5.56. The minimum atomic E-state index is -1.10. The summed E-state index contributed by atoms with van der Waals surface area (Å²) in [5, 5.41) is 20.9. The molecule has 0 atom stereocenters. The van der Waals surface area contributed by atoms with Gasteiger partial charge in [-0.1, -0.05) is 24.3 Å². The fourth-order valence-electron chi connectivity index (χ4n) is 3.19. The lowest BCUT2D eigenvalue weighted by molar-refractivity contribution is -0.113. The van der Waals surface area contributed by atoms with Gasteiger partial charge < -0.3 is 10.2 Å². The van der Waals surface area contributed by atoms with Crippen LogP contribution in [0.15, 0.2) is 64.8 Å². The van der Waals surface area contributed by atoms with Crippen LogP contribution in [0.4, 0.5) is 0 Å². The lowest BCUT2D eigenvalue weighted by atomic mass is 9.90. The highest BCUT2D eigenvalue weighted by Gasteiger charge is 2.28. The first-order valence-electron chi connectivity index (χ1n) is 7.70. The summed E-state index contributed by atoms with van der Waals surface area (Å²) < 4.78 is 5.86. The zero-order chi connectivity index (χ0) is 17.6. The van der Waals surface area contributed by atoms with Gasteiger partial charge in [-0.05, 0) is 23.8 Å². The Morgan fingerprint density at radius 1 is 1.00 bits per heavy atom. The molecule has 2 aromatic carbocycles. The third-order valence-electron chi connectivity index (χ3n) is 4.28. The van der Waals surface area contributed by atoms with E-state index in [1.54, 1.807) is 42.5 Å². The van der Waals surface area contributed by atoms with Crippen molar-refractivity contribution in [1.82, 2.24) is 0 Å². The summed E-state index contributed by atoms with van der Waals surface area (Å²) in [6.45, 7) is 0. The molecule has 1 heterocycles. The monoisotopic (exact) mass is 333 g/mol. The zero-order valence-corrected chi connectivity index (χ0v) is 13.0. The number of rotatable bonds is 2. The van der Waals surface area contributed by atoms with Crippen LogP contribution in [0.5, 0.6) is 0 Å². The number of aliphatic hydroxyl groups is 1. The topological polar surface area (TPSA) is 85.9 Å². The highest BCUT2D eigenvalue weighted by atomic mass is 16.4. The van der Waals surface area contributed by atoms with Crippen molar-refractivity contribution in [3.05, 3.63) is 71.5 Å². The van der Waals surface area contributed by atoms with Crippen molar-refractivity contribution in [1.29, 1.82) is 0 Å². The van der Waals surface area contributed by atoms with Gasteiger partial charge in [0.1, 0.15) is 11.1 Å². The molecular formula is C20H13O5+. The largest absolute Gasteiger partial charge is 0.508 e. The van der Waals surface area contributed by atoms with E-state index in [-0.39, 0.29) is 23.5 Å². The number of ketones is 1. The van der Waals surface area contributed by atoms with Gasteiger partial charge in [-0.25, -0.2) is 9.21 Å². The maximum Gasteiger partial charge on any atom is 0.362 e.